The minimum Gasteiger partial charge on any atom is -0.198 e. The predicted molar refractivity (Wildman–Crippen MR) is 50.0 cm³/mol. The van der Waals surface area contributed by atoms with Gasteiger partial charge >= 0.3 is 10.4 Å². The summed E-state index contributed by atoms with van der Waals surface area (Å²) in [6.07, 6.45) is 0. The van der Waals surface area contributed by atoms with Crippen LogP contribution in [0.25, 0.3) is 0 Å². The maximum absolute atomic E-state index is 10.8. The van der Waals surface area contributed by atoms with Crippen LogP contribution in [0.15, 0.2) is 0 Å². The van der Waals surface area contributed by atoms with Crippen LogP contribution in [0.1, 0.15) is 13.8 Å². The van der Waals surface area contributed by atoms with Crippen molar-refractivity contribution in [2.24, 2.45) is 0 Å². The second-order valence-corrected chi connectivity index (χ2v) is 7.53. The molecule has 92 valence electrons. The van der Waals surface area contributed by atoms with Crippen molar-refractivity contribution < 1.29 is 32.5 Å². The van der Waals surface area contributed by atoms with E-state index in [9.17, 15) is 25.3 Å². The van der Waals surface area contributed by atoms with Crippen molar-refractivity contribution >= 4 is 30.6 Å². The van der Waals surface area contributed by atoms with E-state index in [0.29, 0.717) is 0 Å². The molecule has 0 N–H and O–H groups in total. The van der Waals surface area contributed by atoms with E-state index in [1.165, 1.54) is 0 Å². The lowest BCUT2D eigenvalue weighted by molar-refractivity contribution is 0.387. The molecule has 0 aliphatic carbocycles. The molecule has 0 aliphatic rings. The third kappa shape index (κ3) is 6.04. The highest BCUT2D eigenvalue weighted by Gasteiger charge is 2.27. The maximum atomic E-state index is 10.8. The first-order chi connectivity index (χ1) is 6.54. The Labute approximate surface area is 88.8 Å². The summed E-state index contributed by atoms with van der Waals surface area (Å²) in [6.45, 7) is 2.25. The zero-order valence-electron chi connectivity index (χ0n) is 7.90. The quantitative estimate of drug-likeness (QED) is 0.606. The number of rotatable bonds is 6. The molecule has 0 rings (SSSR count). The van der Waals surface area contributed by atoms with Crippen LogP contribution in [0.3, 0.4) is 0 Å². The summed E-state index contributed by atoms with van der Waals surface area (Å²) in [5.74, 6) is -1.25. The zero-order chi connectivity index (χ0) is 12.3. The molecular formula is C4H10O8S3. The van der Waals surface area contributed by atoms with Gasteiger partial charge < -0.3 is 0 Å². The highest BCUT2D eigenvalue weighted by Crippen LogP contribution is 2.07. The molecule has 0 saturated heterocycles. The van der Waals surface area contributed by atoms with Crippen molar-refractivity contribution in [3.8, 4) is 0 Å². The van der Waals surface area contributed by atoms with E-state index in [1.54, 1.807) is 0 Å². The van der Waals surface area contributed by atoms with E-state index in [1.807, 2.05) is 0 Å². The lowest BCUT2D eigenvalue weighted by Crippen LogP contribution is -2.21. The normalized spacial score (nSPS) is 14.0. The third-order valence-corrected chi connectivity index (χ3v) is 5.49. The van der Waals surface area contributed by atoms with Crippen LogP contribution in [0.4, 0.5) is 0 Å². The average Bonchev–Trinajstić information content (AvgIpc) is 2.00. The average molecular weight is 282 g/mol. The Hall–Kier alpha value is -0.230. The number of hydrogen-bond donors (Lipinski definition) is 0. The van der Waals surface area contributed by atoms with Crippen molar-refractivity contribution in [2.45, 2.75) is 13.8 Å². The van der Waals surface area contributed by atoms with E-state index < -0.39 is 42.1 Å². The van der Waals surface area contributed by atoms with Crippen molar-refractivity contribution in [1.29, 1.82) is 0 Å². The summed E-state index contributed by atoms with van der Waals surface area (Å²) in [7, 11) is -13.8. The van der Waals surface area contributed by atoms with Crippen LogP contribution in [0.5, 0.6) is 0 Å². The van der Waals surface area contributed by atoms with Gasteiger partial charge in [0.2, 0.25) is 0 Å². The second-order valence-electron chi connectivity index (χ2n) is 2.24. The first kappa shape index (κ1) is 14.8. The summed E-state index contributed by atoms with van der Waals surface area (Å²) in [5, 5.41) is 0. The highest BCUT2D eigenvalue weighted by atomic mass is 32.3. The zero-order valence-corrected chi connectivity index (χ0v) is 10.4. The van der Waals surface area contributed by atoms with E-state index in [-0.39, 0.29) is 0 Å². The molecule has 0 bridgehead atoms. The van der Waals surface area contributed by atoms with Crippen molar-refractivity contribution in [3.05, 3.63) is 0 Å². The molecule has 0 heterocycles. The fourth-order valence-electron chi connectivity index (χ4n) is 0.361. The summed E-state index contributed by atoms with van der Waals surface area (Å²) in [5.41, 5.74) is 0. The largest absolute Gasteiger partial charge is 0.429 e. The molecule has 8 nitrogen and oxygen atoms in total. The molecule has 0 aromatic heterocycles. The van der Waals surface area contributed by atoms with Crippen LogP contribution in [-0.4, -0.2) is 36.8 Å². The van der Waals surface area contributed by atoms with E-state index in [0.717, 1.165) is 13.8 Å². The summed E-state index contributed by atoms with van der Waals surface area (Å²) < 4.78 is 71.5. The van der Waals surface area contributed by atoms with E-state index in [2.05, 4.69) is 7.26 Å². The van der Waals surface area contributed by atoms with E-state index in [4.69, 9.17) is 0 Å². The van der Waals surface area contributed by atoms with Crippen molar-refractivity contribution in [2.75, 3.05) is 11.5 Å². The Morgan fingerprint density at radius 1 is 0.733 bits per heavy atom. The molecule has 0 aromatic rings. The van der Waals surface area contributed by atoms with Crippen LogP contribution < -0.4 is 0 Å². The van der Waals surface area contributed by atoms with Gasteiger partial charge in [0.05, 0.1) is 11.5 Å². The first-order valence-electron chi connectivity index (χ1n) is 3.66. The molecule has 0 spiro atoms. The van der Waals surface area contributed by atoms with Gasteiger partial charge in [0, 0.05) is 0 Å². The Bertz CT molecular complexity index is 452. The van der Waals surface area contributed by atoms with E-state index >= 15 is 0 Å². The van der Waals surface area contributed by atoms with Gasteiger partial charge in [-0.15, -0.1) is 7.26 Å². The van der Waals surface area contributed by atoms with Crippen LogP contribution in [0.2, 0.25) is 0 Å². The Kier molecular flexibility index (Phi) is 4.67. The van der Waals surface area contributed by atoms with Crippen LogP contribution >= 0.6 is 0 Å². The van der Waals surface area contributed by atoms with Gasteiger partial charge in [0.1, 0.15) is 0 Å². The lowest BCUT2D eigenvalue weighted by atomic mass is 11.0. The monoisotopic (exact) mass is 282 g/mol. The predicted octanol–water partition coefficient (Wildman–Crippen LogP) is -1.04. The van der Waals surface area contributed by atoms with Gasteiger partial charge in [0.15, 0.2) is 0 Å². The first-order valence-corrected chi connectivity index (χ1v) is 8.15. The smallest absolute Gasteiger partial charge is 0.198 e. The third-order valence-electron chi connectivity index (χ3n) is 1.08. The maximum Gasteiger partial charge on any atom is 0.429 e. The van der Waals surface area contributed by atoms with Gasteiger partial charge in [-0.3, -0.25) is 0 Å². The van der Waals surface area contributed by atoms with Gasteiger partial charge in [-0.25, -0.2) is 0 Å². The minimum absolute atomic E-state index is 0.623. The molecule has 0 fully saturated rings. The summed E-state index contributed by atoms with van der Waals surface area (Å²) in [6, 6.07) is 0. The lowest BCUT2D eigenvalue weighted by Gasteiger charge is -2.03. The second kappa shape index (κ2) is 4.74. The molecule has 0 aliphatic heterocycles. The Morgan fingerprint density at radius 3 is 1.20 bits per heavy atom. The molecule has 0 saturated carbocycles. The van der Waals surface area contributed by atoms with Gasteiger partial charge in [0.25, 0.3) is 20.2 Å². The molecule has 0 amide bonds. The van der Waals surface area contributed by atoms with Crippen molar-refractivity contribution in [3.63, 3.8) is 0 Å². The molecule has 0 unspecified atom stereocenters. The molecule has 15 heavy (non-hydrogen) atoms. The van der Waals surface area contributed by atoms with Gasteiger partial charge in [-0.1, -0.05) is 0 Å². The minimum atomic E-state index is -5.10. The van der Waals surface area contributed by atoms with Gasteiger partial charge in [-0.2, -0.15) is 25.3 Å². The molecule has 0 radical (unpaired) electrons. The SMILES string of the molecule is CCS(=O)(=O)OS(=O)(=O)OS(=O)(=O)CC. The van der Waals surface area contributed by atoms with Crippen LogP contribution in [-0.2, 0) is 37.9 Å². The molecule has 11 heteroatoms. The van der Waals surface area contributed by atoms with Crippen LogP contribution in [0, 0.1) is 0 Å². The highest BCUT2D eigenvalue weighted by molar-refractivity contribution is 8.03. The topological polar surface area (TPSA) is 121 Å². The van der Waals surface area contributed by atoms with Gasteiger partial charge in [-0.05, 0) is 13.8 Å². The number of hydrogen-bond acceptors (Lipinski definition) is 8. The fraction of sp³-hybridized carbons (Fsp3) is 1.00. The van der Waals surface area contributed by atoms with Crippen molar-refractivity contribution in [1.82, 2.24) is 0 Å². The Balaban J connectivity index is 4.91. The summed E-state index contributed by atoms with van der Waals surface area (Å²) in [4.78, 5) is 0. The molecule has 0 aromatic carbocycles. The Morgan fingerprint density at radius 2 is 1.00 bits per heavy atom. The summed E-state index contributed by atoms with van der Waals surface area (Å²) >= 11 is 0. The molecule has 0 atom stereocenters. The fourth-order valence-corrected chi connectivity index (χ4v) is 3.46. The molecular weight excluding hydrogens is 272 g/mol. The standard InChI is InChI=1S/C4H10O8S3/c1-3-13(5,6)11-15(9,10)12-14(7,8)4-2/h3-4H2,1-2H3.